The minimum absolute atomic E-state index is 0.169. The third-order valence-electron chi connectivity index (χ3n) is 3.60. The van der Waals surface area contributed by atoms with E-state index in [4.69, 9.17) is 9.47 Å². The molecule has 27 heavy (non-hydrogen) atoms. The summed E-state index contributed by atoms with van der Waals surface area (Å²) in [7, 11) is 3.16. The molecule has 10 heteroatoms. The number of ether oxygens (including phenoxy) is 2. The molecule has 3 aromatic rings. The molecule has 0 spiro atoms. The molecule has 0 saturated carbocycles. The summed E-state index contributed by atoms with van der Waals surface area (Å²) in [5.74, 6) is 1.32. The molecule has 142 valence electrons. The van der Waals surface area contributed by atoms with E-state index in [2.05, 4.69) is 63.1 Å². The Morgan fingerprint density at radius 2 is 1.96 bits per heavy atom. The number of imidazole rings is 1. The van der Waals surface area contributed by atoms with Gasteiger partial charge in [0.1, 0.15) is 5.75 Å². The topological polar surface area (TPSA) is 76.2 Å². The maximum absolute atomic E-state index is 12.4. The summed E-state index contributed by atoms with van der Waals surface area (Å²) in [6, 6.07) is 7.37. The van der Waals surface area contributed by atoms with Crippen molar-refractivity contribution in [2.45, 2.75) is 5.16 Å². The summed E-state index contributed by atoms with van der Waals surface area (Å²) >= 11 is 11.7. The second-order valence-electron chi connectivity index (χ2n) is 5.33. The van der Waals surface area contributed by atoms with Crippen LogP contribution in [-0.4, -0.2) is 35.8 Å². The van der Waals surface area contributed by atoms with Crippen LogP contribution >= 0.6 is 59.6 Å². The van der Waals surface area contributed by atoms with Gasteiger partial charge in [-0.1, -0.05) is 11.8 Å². The second kappa shape index (κ2) is 8.85. The molecule has 2 aromatic carbocycles. The summed E-state index contributed by atoms with van der Waals surface area (Å²) in [4.78, 5) is 20.0. The molecule has 1 heterocycles. The van der Waals surface area contributed by atoms with Crippen molar-refractivity contribution in [2.24, 2.45) is 0 Å². The number of carbonyl (C=O) groups excluding carboxylic acids is 1. The van der Waals surface area contributed by atoms with Crippen LogP contribution in [0, 0.1) is 0 Å². The van der Waals surface area contributed by atoms with Gasteiger partial charge in [0.25, 0.3) is 0 Å². The van der Waals surface area contributed by atoms with E-state index >= 15 is 0 Å². The number of thioether (sulfide) groups is 1. The standard InChI is InChI=1S/C17H14Br3N3O3S/c1-25-8-3-4-10-11(5-8)23-17(22-10)27-7-13(24)21-12-6-9(18)14(19)15(20)16(12)26-2/h3-6H,7H2,1-2H3,(H,21,24)(H,22,23). The first-order chi connectivity index (χ1) is 12.9. The van der Waals surface area contributed by atoms with Gasteiger partial charge >= 0.3 is 0 Å². The van der Waals surface area contributed by atoms with E-state index in [1.807, 2.05) is 18.2 Å². The lowest BCUT2D eigenvalue weighted by Gasteiger charge is -2.14. The Bertz CT molecular complexity index is 1010. The summed E-state index contributed by atoms with van der Waals surface area (Å²) in [5.41, 5.74) is 2.25. The molecule has 0 bridgehead atoms. The molecular weight excluding hydrogens is 566 g/mol. The highest BCUT2D eigenvalue weighted by atomic mass is 79.9. The van der Waals surface area contributed by atoms with Crippen molar-refractivity contribution in [1.82, 2.24) is 9.97 Å². The quantitative estimate of drug-likeness (QED) is 0.294. The molecular formula is C17H14Br3N3O3S. The maximum atomic E-state index is 12.4. The Kier molecular flexibility index (Phi) is 6.72. The molecule has 6 nitrogen and oxygen atoms in total. The van der Waals surface area contributed by atoms with Crippen LogP contribution in [0.5, 0.6) is 11.5 Å². The average Bonchev–Trinajstić information content (AvgIpc) is 3.07. The van der Waals surface area contributed by atoms with E-state index in [-0.39, 0.29) is 11.7 Å². The molecule has 3 rings (SSSR count). The van der Waals surface area contributed by atoms with Gasteiger partial charge in [-0.05, 0) is 66.0 Å². The Balaban J connectivity index is 1.70. The van der Waals surface area contributed by atoms with Crippen LogP contribution in [0.4, 0.5) is 5.69 Å². The lowest BCUT2D eigenvalue weighted by molar-refractivity contribution is -0.113. The van der Waals surface area contributed by atoms with Gasteiger partial charge in [-0.3, -0.25) is 4.79 Å². The number of rotatable bonds is 6. The van der Waals surface area contributed by atoms with E-state index < -0.39 is 0 Å². The highest BCUT2D eigenvalue weighted by Crippen LogP contribution is 2.43. The third-order valence-corrected chi connectivity index (χ3v) is 7.75. The third kappa shape index (κ3) is 4.61. The number of H-pyrrole nitrogens is 1. The Labute approximate surface area is 185 Å². The smallest absolute Gasteiger partial charge is 0.234 e. The van der Waals surface area contributed by atoms with Gasteiger partial charge in [0.15, 0.2) is 10.9 Å². The lowest BCUT2D eigenvalue weighted by Crippen LogP contribution is -2.15. The fourth-order valence-electron chi connectivity index (χ4n) is 2.35. The zero-order valence-corrected chi connectivity index (χ0v) is 19.8. The molecule has 0 fully saturated rings. The van der Waals surface area contributed by atoms with E-state index in [1.54, 1.807) is 20.3 Å². The summed E-state index contributed by atoms with van der Waals surface area (Å²) in [6.45, 7) is 0. The van der Waals surface area contributed by atoms with E-state index in [1.165, 1.54) is 11.8 Å². The first-order valence-corrected chi connectivity index (χ1v) is 11.0. The fraction of sp³-hybridized carbons (Fsp3) is 0.176. The minimum atomic E-state index is -0.169. The van der Waals surface area contributed by atoms with Gasteiger partial charge < -0.3 is 19.8 Å². The number of anilines is 1. The predicted molar refractivity (Wildman–Crippen MR) is 118 cm³/mol. The molecule has 2 N–H and O–H groups in total. The number of fused-ring (bicyclic) bond motifs is 1. The highest BCUT2D eigenvalue weighted by molar-refractivity contribution is 9.14. The molecule has 0 unspecified atom stereocenters. The Morgan fingerprint density at radius 1 is 1.19 bits per heavy atom. The number of amides is 1. The first kappa shape index (κ1) is 20.5. The molecule has 0 radical (unpaired) electrons. The van der Waals surface area contributed by atoms with Crippen LogP contribution in [0.25, 0.3) is 11.0 Å². The van der Waals surface area contributed by atoms with Crippen molar-refractivity contribution < 1.29 is 14.3 Å². The van der Waals surface area contributed by atoms with Crippen LogP contribution in [0.3, 0.4) is 0 Å². The van der Waals surface area contributed by atoms with Crippen molar-refractivity contribution in [3.05, 3.63) is 37.7 Å². The molecule has 1 amide bonds. The van der Waals surface area contributed by atoms with Crippen molar-refractivity contribution in [3.63, 3.8) is 0 Å². The van der Waals surface area contributed by atoms with Gasteiger partial charge in [-0.2, -0.15) is 0 Å². The van der Waals surface area contributed by atoms with Crippen molar-refractivity contribution in [1.29, 1.82) is 0 Å². The molecule has 0 atom stereocenters. The number of hydrogen-bond acceptors (Lipinski definition) is 5. The molecule has 0 aliphatic heterocycles. The number of aromatic amines is 1. The summed E-state index contributed by atoms with van der Waals surface area (Å²) < 4.78 is 12.9. The molecule has 0 aliphatic rings. The number of nitrogens with zero attached hydrogens (tertiary/aromatic N) is 1. The number of benzene rings is 2. The van der Waals surface area contributed by atoms with E-state index in [0.29, 0.717) is 21.1 Å². The number of carbonyl (C=O) groups is 1. The predicted octanol–water partition coefficient (Wildman–Crippen LogP) is 5.60. The van der Waals surface area contributed by atoms with Gasteiger partial charge in [0, 0.05) is 15.0 Å². The van der Waals surface area contributed by atoms with Crippen molar-refractivity contribution in [3.8, 4) is 11.5 Å². The highest BCUT2D eigenvalue weighted by Gasteiger charge is 2.17. The number of methoxy groups -OCH3 is 2. The number of halogens is 3. The van der Waals surface area contributed by atoms with Crippen LogP contribution in [-0.2, 0) is 4.79 Å². The number of nitrogens with one attached hydrogen (secondary N) is 2. The minimum Gasteiger partial charge on any atom is -0.497 e. The largest absolute Gasteiger partial charge is 0.497 e. The summed E-state index contributed by atoms with van der Waals surface area (Å²) in [5, 5.41) is 3.53. The van der Waals surface area contributed by atoms with E-state index in [9.17, 15) is 4.79 Å². The Morgan fingerprint density at radius 3 is 2.67 bits per heavy atom. The van der Waals surface area contributed by atoms with Crippen LogP contribution in [0.1, 0.15) is 0 Å². The van der Waals surface area contributed by atoms with E-state index in [0.717, 1.165) is 25.7 Å². The number of aromatic nitrogens is 2. The van der Waals surface area contributed by atoms with Gasteiger partial charge in [0.2, 0.25) is 5.91 Å². The SMILES string of the molecule is COc1ccc2nc(SCC(=O)Nc3cc(Br)c(Br)c(Br)c3OC)[nH]c2c1. The summed E-state index contributed by atoms with van der Waals surface area (Å²) in [6.07, 6.45) is 0. The second-order valence-corrected chi connectivity index (χ2v) is 8.73. The fourth-order valence-corrected chi connectivity index (χ4v) is 4.61. The molecule has 0 aliphatic carbocycles. The van der Waals surface area contributed by atoms with Crippen molar-refractivity contribution in [2.75, 3.05) is 25.3 Å². The average molecular weight is 580 g/mol. The lowest BCUT2D eigenvalue weighted by atomic mass is 10.3. The molecule has 1 aromatic heterocycles. The van der Waals surface area contributed by atoms with Crippen LogP contribution in [0.15, 0.2) is 42.8 Å². The monoisotopic (exact) mass is 577 g/mol. The van der Waals surface area contributed by atoms with Crippen LogP contribution in [0.2, 0.25) is 0 Å². The zero-order valence-electron chi connectivity index (χ0n) is 14.2. The zero-order chi connectivity index (χ0) is 19.6. The van der Waals surface area contributed by atoms with Gasteiger partial charge in [-0.25, -0.2) is 4.98 Å². The van der Waals surface area contributed by atoms with Gasteiger partial charge in [0.05, 0.1) is 41.2 Å². The van der Waals surface area contributed by atoms with Crippen molar-refractivity contribution >= 4 is 82.2 Å². The maximum Gasteiger partial charge on any atom is 0.234 e. The Hall–Kier alpha value is -1.23. The van der Waals surface area contributed by atoms with Crippen LogP contribution < -0.4 is 14.8 Å². The van der Waals surface area contributed by atoms with Gasteiger partial charge in [-0.15, -0.1) is 0 Å². The molecule has 0 saturated heterocycles. The first-order valence-electron chi connectivity index (χ1n) is 7.60. The number of hydrogen-bond donors (Lipinski definition) is 2. The normalized spacial score (nSPS) is 10.9.